The van der Waals surface area contributed by atoms with Crippen LogP contribution >= 0.6 is 11.9 Å². The molecule has 2 heterocycles. The molecule has 0 aromatic carbocycles. The summed E-state index contributed by atoms with van der Waals surface area (Å²) in [6.07, 6.45) is 3.59. The molecular formula is C7H14N2S. The number of rotatable bonds is 1. The van der Waals surface area contributed by atoms with Crippen LogP contribution in [0, 0.1) is 5.92 Å². The SMILES string of the molecule is CSN1CC2CNC(C2)C1. The van der Waals surface area contributed by atoms with Gasteiger partial charge in [0.15, 0.2) is 0 Å². The minimum atomic E-state index is 0.797. The van der Waals surface area contributed by atoms with Crippen LogP contribution in [0.3, 0.4) is 0 Å². The second-order valence-corrected chi connectivity index (χ2v) is 4.12. The van der Waals surface area contributed by atoms with Crippen molar-refractivity contribution < 1.29 is 0 Å². The van der Waals surface area contributed by atoms with Gasteiger partial charge >= 0.3 is 0 Å². The fraction of sp³-hybridized carbons (Fsp3) is 1.00. The van der Waals surface area contributed by atoms with Gasteiger partial charge < -0.3 is 5.32 Å². The molecule has 0 spiro atoms. The molecular weight excluding hydrogens is 144 g/mol. The zero-order valence-corrected chi connectivity index (χ0v) is 7.16. The minimum absolute atomic E-state index is 0.797. The normalized spacial score (nSPS) is 40.5. The molecule has 58 valence electrons. The van der Waals surface area contributed by atoms with Gasteiger partial charge in [-0.3, -0.25) is 0 Å². The molecule has 2 bridgehead atoms. The van der Waals surface area contributed by atoms with E-state index < -0.39 is 0 Å². The van der Waals surface area contributed by atoms with E-state index in [9.17, 15) is 0 Å². The standard InChI is InChI=1S/C7H14N2S/c1-10-9-4-6-2-7(5-9)8-3-6/h6-8H,2-5H2,1H3. The van der Waals surface area contributed by atoms with Crippen molar-refractivity contribution in [3.05, 3.63) is 0 Å². The maximum absolute atomic E-state index is 3.53. The lowest BCUT2D eigenvalue weighted by Gasteiger charge is -2.28. The molecule has 0 aromatic heterocycles. The van der Waals surface area contributed by atoms with E-state index >= 15 is 0 Å². The van der Waals surface area contributed by atoms with E-state index in [4.69, 9.17) is 0 Å². The largest absolute Gasteiger partial charge is 0.312 e. The number of hydrogen-bond acceptors (Lipinski definition) is 3. The van der Waals surface area contributed by atoms with Crippen molar-refractivity contribution >= 4 is 11.9 Å². The number of fused-ring (bicyclic) bond motifs is 2. The van der Waals surface area contributed by atoms with Crippen LogP contribution < -0.4 is 5.32 Å². The van der Waals surface area contributed by atoms with Gasteiger partial charge in [0.1, 0.15) is 0 Å². The van der Waals surface area contributed by atoms with Crippen LogP contribution in [0.15, 0.2) is 0 Å². The highest BCUT2D eigenvalue weighted by Crippen LogP contribution is 2.25. The Hall–Kier alpha value is 0.270. The second kappa shape index (κ2) is 2.72. The van der Waals surface area contributed by atoms with Crippen LogP contribution in [0.1, 0.15) is 6.42 Å². The van der Waals surface area contributed by atoms with Crippen LogP contribution in [0.25, 0.3) is 0 Å². The van der Waals surface area contributed by atoms with Crippen molar-refractivity contribution in [2.75, 3.05) is 25.9 Å². The Bertz CT molecular complexity index is 117. The van der Waals surface area contributed by atoms with E-state index in [-0.39, 0.29) is 0 Å². The van der Waals surface area contributed by atoms with Gasteiger partial charge in [-0.2, -0.15) is 0 Å². The lowest BCUT2D eigenvalue weighted by Crippen LogP contribution is -2.36. The molecule has 1 N–H and O–H groups in total. The number of nitrogens with one attached hydrogen (secondary N) is 1. The molecule has 2 nitrogen and oxygen atoms in total. The van der Waals surface area contributed by atoms with E-state index in [1.54, 1.807) is 0 Å². The molecule has 2 atom stereocenters. The van der Waals surface area contributed by atoms with E-state index in [0.717, 1.165) is 12.0 Å². The predicted octanol–water partition coefficient (Wildman–Crippen LogP) is 0.558. The summed E-state index contributed by atoms with van der Waals surface area (Å²) in [4.78, 5) is 0. The summed E-state index contributed by atoms with van der Waals surface area (Å²) < 4.78 is 2.47. The highest BCUT2D eigenvalue weighted by Gasteiger charge is 2.31. The number of nitrogens with zero attached hydrogens (tertiary/aromatic N) is 1. The maximum Gasteiger partial charge on any atom is 0.0244 e. The summed E-state index contributed by atoms with van der Waals surface area (Å²) in [6, 6.07) is 0.797. The lowest BCUT2D eigenvalue weighted by atomic mass is 10.0. The zero-order chi connectivity index (χ0) is 6.97. The third kappa shape index (κ3) is 1.18. The van der Waals surface area contributed by atoms with Crippen molar-refractivity contribution in [2.24, 2.45) is 5.92 Å². The van der Waals surface area contributed by atoms with E-state index in [0.29, 0.717) is 0 Å². The van der Waals surface area contributed by atoms with Crippen molar-refractivity contribution in [3.8, 4) is 0 Å². The maximum atomic E-state index is 3.53. The quantitative estimate of drug-likeness (QED) is 0.561. The summed E-state index contributed by atoms with van der Waals surface area (Å²) >= 11 is 1.89. The van der Waals surface area contributed by atoms with Gasteiger partial charge in [0.2, 0.25) is 0 Å². The van der Waals surface area contributed by atoms with Crippen LogP contribution in [-0.2, 0) is 0 Å². The van der Waals surface area contributed by atoms with Crippen molar-refractivity contribution in [2.45, 2.75) is 12.5 Å². The van der Waals surface area contributed by atoms with E-state index in [1.807, 2.05) is 11.9 Å². The van der Waals surface area contributed by atoms with Gasteiger partial charge in [0.25, 0.3) is 0 Å². The molecule has 2 unspecified atom stereocenters. The first kappa shape index (κ1) is 6.95. The Kier molecular flexibility index (Phi) is 1.89. The van der Waals surface area contributed by atoms with Crippen LogP contribution in [0.5, 0.6) is 0 Å². The van der Waals surface area contributed by atoms with Crippen molar-refractivity contribution in [1.82, 2.24) is 9.62 Å². The number of hydrogen-bond donors (Lipinski definition) is 1. The summed E-state index contributed by atoms with van der Waals surface area (Å²) in [5.41, 5.74) is 0. The molecule has 0 saturated carbocycles. The smallest absolute Gasteiger partial charge is 0.0244 e. The first-order chi connectivity index (χ1) is 4.88. The molecule has 10 heavy (non-hydrogen) atoms. The third-order valence-electron chi connectivity index (χ3n) is 2.46. The fourth-order valence-corrected chi connectivity index (χ4v) is 2.63. The Balaban J connectivity index is 1.96. The second-order valence-electron chi connectivity index (χ2n) is 3.24. The van der Waals surface area contributed by atoms with Crippen LogP contribution in [0.2, 0.25) is 0 Å². The van der Waals surface area contributed by atoms with Gasteiger partial charge in [-0.25, -0.2) is 4.31 Å². The molecule has 0 radical (unpaired) electrons. The van der Waals surface area contributed by atoms with Crippen LogP contribution in [-0.4, -0.2) is 36.2 Å². The summed E-state index contributed by atoms with van der Waals surface area (Å²) in [5, 5.41) is 3.53. The topological polar surface area (TPSA) is 15.3 Å². The average Bonchev–Trinajstić information content (AvgIpc) is 2.30. The number of piperidine rings is 1. The first-order valence-corrected chi connectivity index (χ1v) is 5.09. The lowest BCUT2D eigenvalue weighted by molar-refractivity contribution is 0.319. The predicted molar refractivity (Wildman–Crippen MR) is 45.0 cm³/mol. The average molecular weight is 158 g/mol. The van der Waals surface area contributed by atoms with Gasteiger partial charge in [-0.1, -0.05) is 11.9 Å². The molecule has 0 aliphatic carbocycles. The minimum Gasteiger partial charge on any atom is -0.312 e. The molecule has 2 saturated heterocycles. The highest BCUT2D eigenvalue weighted by atomic mass is 32.2. The van der Waals surface area contributed by atoms with E-state index in [2.05, 4.69) is 15.9 Å². The fourth-order valence-electron chi connectivity index (χ4n) is 1.94. The van der Waals surface area contributed by atoms with Crippen LogP contribution in [0.4, 0.5) is 0 Å². The molecule has 2 aliphatic rings. The Morgan fingerprint density at radius 3 is 3.10 bits per heavy atom. The van der Waals surface area contributed by atoms with E-state index in [1.165, 1.54) is 26.1 Å². The summed E-state index contributed by atoms with van der Waals surface area (Å²) in [7, 11) is 0. The Labute approximate surface area is 66.5 Å². The van der Waals surface area contributed by atoms with Crippen molar-refractivity contribution in [3.63, 3.8) is 0 Å². The monoisotopic (exact) mass is 158 g/mol. The van der Waals surface area contributed by atoms with Gasteiger partial charge in [0.05, 0.1) is 0 Å². The van der Waals surface area contributed by atoms with Gasteiger partial charge in [-0.05, 0) is 25.1 Å². The molecule has 0 amide bonds. The highest BCUT2D eigenvalue weighted by molar-refractivity contribution is 7.96. The van der Waals surface area contributed by atoms with Gasteiger partial charge in [0, 0.05) is 19.1 Å². The summed E-state index contributed by atoms with van der Waals surface area (Å²) in [5.74, 6) is 0.936. The summed E-state index contributed by atoms with van der Waals surface area (Å²) in [6.45, 7) is 3.80. The molecule has 2 fully saturated rings. The van der Waals surface area contributed by atoms with Gasteiger partial charge in [-0.15, -0.1) is 0 Å². The van der Waals surface area contributed by atoms with Crippen molar-refractivity contribution in [1.29, 1.82) is 0 Å². The molecule has 0 aromatic rings. The molecule has 2 rings (SSSR count). The zero-order valence-electron chi connectivity index (χ0n) is 6.34. The Morgan fingerprint density at radius 1 is 1.50 bits per heavy atom. The third-order valence-corrected chi connectivity index (χ3v) is 3.27. The molecule has 2 aliphatic heterocycles. The first-order valence-electron chi connectivity index (χ1n) is 3.91. The molecule has 3 heteroatoms. The Morgan fingerprint density at radius 2 is 2.40 bits per heavy atom.